The van der Waals surface area contributed by atoms with Crippen LogP contribution in [0.3, 0.4) is 0 Å². The van der Waals surface area contributed by atoms with Gasteiger partial charge in [0.15, 0.2) is 0 Å². The van der Waals surface area contributed by atoms with Crippen LogP contribution >= 0.6 is 24.6 Å². The molecule has 0 atom stereocenters. The van der Waals surface area contributed by atoms with Crippen molar-refractivity contribution in [3.8, 4) is 0 Å². The molecule has 22 heavy (non-hydrogen) atoms. The van der Waals surface area contributed by atoms with Gasteiger partial charge in [-0.15, -0.1) is 12.6 Å². The van der Waals surface area contributed by atoms with Crippen LogP contribution < -0.4 is 4.72 Å². The highest BCUT2D eigenvalue weighted by Crippen LogP contribution is 2.25. The lowest BCUT2D eigenvalue weighted by Gasteiger charge is -2.06. The maximum absolute atomic E-state index is 13.4. The van der Waals surface area contributed by atoms with Crippen molar-refractivity contribution in [2.24, 2.45) is 0 Å². The minimum absolute atomic E-state index is 0.326. The quantitative estimate of drug-likeness (QED) is 0.450. The molecule has 0 aromatic heterocycles. The van der Waals surface area contributed by atoms with Crippen molar-refractivity contribution in [1.82, 2.24) is 0 Å². The molecule has 0 aliphatic carbocycles. The monoisotopic (exact) mass is 327 g/mol. The summed E-state index contributed by atoms with van der Waals surface area (Å²) in [5.74, 6) is -0.326. The second-order valence-electron chi connectivity index (χ2n) is 4.77. The summed E-state index contributed by atoms with van der Waals surface area (Å²) in [4.78, 5) is 0.328. The Labute approximate surface area is 138 Å². The van der Waals surface area contributed by atoms with E-state index in [4.69, 9.17) is 0 Å². The summed E-state index contributed by atoms with van der Waals surface area (Å²) in [6.07, 6.45) is 2.02. The molecule has 0 heterocycles. The Hall–Kier alpha value is -1.91. The molecule has 0 radical (unpaired) electrons. The predicted molar refractivity (Wildman–Crippen MR) is 97.8 cm³/mol. The predicted octanol–water partition coefficient (Wildman–Crippen LogP) is 6.00. The number of anilines is 1. The van der Waals surface area contributed by atoms with Crippen LogP contribution in [0.15, 0.2) is 71.0 Å². The molecule has 0 amide bonds. The summed E-state index contributed by atoms with van der Waals surface area (Å²) in [5.41, 5.74) is 1.79. The number of benzene rings is 3. The second-order valence-corrected chi connectivity index (χ2v) is 5.92. The van der Waals surface area contributed by atoms with E-state index in [9.17, 15) is 4.39 Å². The molecule has 0 fully saturated rings. The zero-order chi connectivity index (χ0) is 15.4. The summed E-state index contributed by atoms with van der Waals surface area (Å²) < 4.78 is 16.4. The van der Waals surface area contributed by atoms with E-state index in [1.165, 1.54) is 28.8 Å². The molecule has 0 saturated carbocycles. The van der Waals surface area contributed by atoms with Gasteiger partial charge in [0.05, 0.1) is 10.6 Å². The molecule has 1 nitrogen and oxygen atoms in total. The number of hydrogen-bond donors (Lipinski definition) is 2. The Kier molecular flexibility index (Phi) is 4.71. The summed E-state index contributed by atoms with van der Waals surface area (Å²) in [6.45, 7) is 0. The topological polar surface area (TPSA) is 12.0 Å². The molecule has 1 N–H and O–H groups in total. The molecule has 0 unspecified atom stereocenters. The summed E-state index contributed by atoms with van der Waals surface area (Å²) in [7, 11) is 0. The largest absolute Gasteiger partial charge is 0.325 e. The van der Waals surface area contributed by atoms with Gasteiger partial charge in [0.2, 0.25) is 0 Å². The van der Waals surface area contributed by atoms with Crippen LogP contribution in [0.4, 0.5) is 10.1 Å². The van der Waals surface area contributed by atoms with E-state index in [0.717, 1.165) is 5.56 Å². The summed E-state index contributed by atoms with van der Waals surface area (Å²) in [5, 5.41) is 4.37. The molecule has 110 valence electrons. The second kappa shape index (κ2) is 6.90. The van der Waals surface area contributed by atoms with Gasteiger partial charge in [0.1, 0.15) is 5.82 Å². The molecule has 0 saturated heterocycles. The third kappa shape index (κ3) is 3.46. The molecule has 3 aromatic rings. The number of fused-ring (bicyclic) bond motifs is 1. The summed E-state index contributed by atoms with van der Waals surface area (Å²) >= 11 is 5.53. The Balaban J connectivity index is 1.67. The van der Waals surface area contributed by atoms with Gasteiger partial charge in [0, 0.05) is 0 Å². The molecule has 3 aromatic carbocycles. The number of halogens is 1. The number of rotatable bonds is 4. The Bertz CT molecular complexity index is 830. The minimum atomic E-state index is -0.326. The first kappa shape index (κ1) is 15.0. The summed E-state index contributed by atoms with van der Waals surface area (Å²) in [6, 6.07) is 19.4. The average molecular weight is 327 g/mol. The highest BCUT2D eigenvalue weighted by Gasteiger charge is 2.02. The van der Waals surface area contributed by atoms with Crippen LogP contribution in [-0.4, -0.2) is 0 Å². The minimum Gasteiger partial charge on any atom is -0.325 e. The first-order valence-electron chi connectivity index (χ1n) is 6.78. The fourth-order valence-corrected chi connectivity index (χ4v) is 2.99. The van der Waals surface area contributed by atoms with Crippen LogP contribution in [0.5, 0.6) is 0 Å². The fraction of sp³-hybridized carbons (Fsp3) is 0. The molecule has 4 heteroatoms. The van der Waals surface area contributed by atoms with E-state index in [1.807, 2.05) is 23.6 Å². The van der Waals surface area contributed by atoms with E-state index in [-0.39, 0.29) is 5.82 Å². The number of hydrogen-bond acceptors (Lipinski definition) is 3. The smallest absolute Gasteiger partial charge is 0.138 e. The van der Waals surface area contributed by atoms with Crippen LogP contribution in [0.1, 0.15) is 5.56 Å². The first-order chi connectivity index (χ1) is 10.7. The van der Waals surface area contributed by atoms with Crippen molar-refractivity contribution in [3.63, 3.8) is 0 Å². The van der Waals surface area contributed by atoms with Gasteiger partial charge in [0.25, 0.3) is 0 Å². The number of thiol groups is 1. The van der Waals surface area contributed by atoms with Crippen molar-refractivity contribution >= 4 is 47.1 Å². The lowest BCUT2D eigenvalue weighted by molar-refractivity contribution is 0.604. The molecular formula is C18H14FNS2. The van der Waals surface area contributed by atoms with Gasteiger partial charge in [-0.2, -0.15) is 0 Å². The van der Waals surface area contributed by atoms with Crippen molar-refractivity contribution in [3.05, 3.63) is 77.5 Å². The maximum Gasteiger partial charge on any atom is 0.138 e. The van der Waals surface area contributed by atoms with Gasteiger partial charge < -0.3 is 4.72 Å². The van der Waals surface area contributed by atoms with E-state index < -0.39 is 0 Å². The van der Waals surface area contributed by atoms with Gasteiger partial charge in [-0.25, -0.2) is 4.39 Å². The van der Waals surface area contributed by atoms with E-state index in [0.29, 0.717) is 10.6 Å². The highest BCUT2D eigenvalue weighted by atomic mass is 32.2. The average Bonchev–Trinajstić information content (AvgIpc) is 2.55. The van der Waals surface area contributed by atoms with Crippen molar-refractivity contribution in [2.75, 3.05) is 4.72 Å². The van der Waals surface area contributed by atoms with Gasteiger partial charge in [-0.1, -0.05) is 42.5 Å². The Morgan fingerprint density at radius 3 is 2.64 bits per heavy atom. The van der Waals surface area contributed by atoms with Gasteiger partial charge in [-0.3, -0.25) is 0 Å². The molecular weight excluding hydrogens is 313 g/mol. The van der Waals surface area contributed by atoms with Crippen LogP contribution in [0.2, 0.25) is 0 Å². The zero-order valence-corrected chi connectivity index (χ0v) is 13.4. The van der Waals surface area contributed by atoms with Gasteiger partial charge >= 0.3 is 0 Å². The van der Waals surface area contributed by atoms with E-state index >= 15 is 0 Å². The molecule has 0 spiro atoms. The van der Waals surface area contributed by atoms with Gasteiger partial charge in [-0.05, 0) is 58.0 Å². The SMILES string of the molecule is Fc1cccc(NS/C=C/c2ccc3ccccc3c2)c1S. The maximum atomic E-state index is 13.4. The van der Waals surface area contributed by atoms with Crippen molar-refractivity contribution < 1.29 is 4.39 Å². The molecule has 3 rings (SSSR count). The van der Waals surface area contributed by atoms with Crippen LogP contribution in [0.25, 0.3) is 16.8 Å². The normalized spacial score (nSPS) is 11.2. The highest BCUT2D eigenvalue weighted by molar-refractivity contribution is 8.03. The molecule has 0 aliphatic rings. The Morgan fingerprint density at radius 2 is 1.77 bits per heavy atom. The zero-order valence-electron chi connectivity index (χ0n) is 11.7. The van der Waals surface area contributed by atoms with E-state index in [2.05, 4.69) is 47.7 Å². The number of nitrogens with one attached hydrogen (secondary N) is 1. The lowest BCUT2D eigenvalue weighted by atomic mass is 10.1. The third-order valence-electron chi connectivity index (χ3n) is 3.26. The lowest BCUT2D eigenvalue weighted by Crippen LogP contribution is -1.88. The third-order valence-corrected chi connectivity index (χ3v) is 4.32. The van der Waals surface area contributed by atoms with Crippen LogP contribution in [0, 0.1) is 5.82 Å². The van der Waals surface area contributed by atoms with Crippen molar-refractivity contribution in [2.45, 2.75) is 4.90 Å². The van der Waals surface area contributed by atoms with Crippen molar-refractivity contribution in [1.29, 1.82) is 0 Å². The Morgan fingerprint density at radius 1 is 0.955 bits per heavy atom. The first-order valence-corrected chi connectivity index (χ1v) is 8.11. The standard InChI is InChI=1S/C18H14FNS2/c19-16-6-3-7-17(18(16)21)20-22-11-10-13-8-9-14-4-1-2-5-15(14)12-13/h1-12,20-21H/b11-10+. The van der Waals surface area contributed by atoms with Crippen LogP contribution in [-0.2, 0) is 0 Å². The molecule has 0 aliphatic heterocycles. The molecule has 0 bridgehead atoms. The van der Waals surface area contributed by atoms with E-state index in [1.54, 1.807) is 12.1 Å². The fourth-order valence-electron chi connectivity index (χ4n) is 2.12.